The quantitative estimate of drug-likeness (QED) is 0.198. The smallest absolute Gasteiger partial charge is 0.330 e. The van der Waals surface area contributed by atoms with Crippen molar-refractivity contribution >= 4 is 40.2 Å². The van der Waals surface area contributed by atoms with E-state index >= 15 is 0 Å². The van der Waals surface area contributed by atoms with E-state index in [-0.39, 0.29) is 23.4 Å². The molecule has 0 aromatic heterocycles. The van der Waals surface area contributed by atoms with Crippen LogP contribution in [0.3, 0.4) is 0 Å². The van der Waals surface area contributed by atoms with Gasteiger partial charge in [-0.2, -0.15) is 0 Å². The topological polar surface area (TPSA) is 144 Å². The largest absolute Gasteiger partial charge is 0.459 e. The van der Waals surface area contributed by atoms with E-state index in [1.165, 1.54) is 36.4 Å². The third kappa shape index (κ3) is 3.20. The summed E-state index contributed by atoms with van der Waals surface area (Å²) in [5.41, 5.74) is 0.730. The number of hydrogen-bond acceptors (Lipinski definition) is 8. The lowest BCUT2D eigenvalue weighted by Crippen LogP contribution is -2.72. The highest BCUT2D eigenvalue weighted by atomic mass is 32.2. The highest BCUT2D eigenvalue weighted by Crippen LogP contribution is 2.46. The molecule has 0 saturated carbocycles. The molecule has 3 aliphatic rings. The zero-order valence-corrected chi connectivity index (χ0v) is 19.4. The Labute approximate surface area is 201 Å². The number of benzene rings is 2. The molecule has 0 radical (unpaired) electrons. The maximum Gasteiger partial charge on any atom is 0.330 e. The lowest BCUT2D eigenvalue weighted by atomic mass is 9.95. The summed E-state index contributed by atoms with van der Waals surface area (Å²) in [4.78, 5) is 64.2. The lowest BCUT2D eigenvalue weighted by molar-refractivity contribution is -0.384. The molecule has 5 rings (SSSR count). The zero-order valence-electron chi connectivity index (χ0n) is 18.6. The molecule has 11 nitrogen and oxygen atoms in total. The molecule has 0 spiro atoms. The second-order valence-electron chi connectivity index (χ2n) is 8.94. The SMILES string of the molecule is CC1(C)[C@H](C(=O)OCc2ccc([N+](=O)[O-])cc2)N2C(=O)[C@H](N3C(=O)c4ccccc4C3=O)[C@@H]2S1=O. The summed E-state index contributed by atoms with van der Waals surface area (Å²) in [6.45, 7) is 2.92. The number of fused-ring (bicyclic) bond motifs is 2. The maximum absolute atomic E-state index is 13.4. The van der Waals surface area contributed by atoms with Crippen LogP contribution in [0.5, 0.6) is 0 Å². The van der Waals surface area contributed by atoms with Crippen LogP contribution in [0.25, 0.3) is 0 Å². The maximum atomic E-state index is 13.4. The van der Waals surface area contributed by atoms with Crippen LogP contribution >= 0.6 is 0 Å². The highest BCUT2D eigenvalue weighted by Gasteiger charge is 2.71. The number of nitrogens with zero attached hydrogens (tertiary/aromatic N) is 3. The van der Waals surface area contributed by atoms with E-state index in [2.05, 4.69) is 0 Å². The molecule has 3 aliphatic heterocycles. The number of hydrogen-bond donors (Lipinski definition) is 0. The lowest BCUT2D eigenvalue weighted by Gasteiger charge is -2.46. The zero-order chi connectivity index (χ0) is 25.2. The van der Waals surface area contributed by atoms with Crippen LogP contribution in [0.1, 0.15) is 40.1 Å². The molecule has 2 aromatic rings. The highest BCUT2D eigenvalue weighted by molar-refractivity contribution is 7.87. The minimum atomic E-state index is -1.79. The van der Waals surface area contributed by atoms with E-state index in [1.807, 2.05) is 0 Å². The van der Waals surface area contributed by atoms with Gasteiger partial charge in [-0.3, -0.25) is 33.6 Å². The number of imide groups is 1. The summed E-state index contributed by atoms with van der Waals surface area (Å²) in [6, 6.07) is 9.18. The number of ether oxygens (including phenoxy) is 1. The average Bonchev–Trinajstić information content (AvgIpc) is 3.18. The van der Waals surface area contributed by atoms with E-state index < -0.39 is 61.6 Å². The van der Waals surface area contributed by atoms with E-state index in [4.69, 9.17) is 4.74 Å². The van der Waals surface area contributed by atoms with Gasteiger partial charge in [0, 0.05) is 12.1 Å². The third-order valence-corrected chi connectivity index (χ3v) is 8.77. The summed E-state index contributed by atoms with van der Waals surface area (Å²) >= 11 is 0. The summed E-state index contributed by atoms with van der Waals surface area (Å²) in [5.74, 6) is -2.72. The number of non-ortho nitro benzene ring substituents is 1. The number of esters is 1. The van der Waals surface area contributed by atoms with Gasteiger partial charge < -0.3 is 9.64 Å². The molecule has 2 fully saturated rings. The first-order valence-electron chi connectivity index (χ1n) is 10.7. The Morgan fingerprint density at radius 1 is 1.06 bits per heavy atom. The van der Waals surface area contributed by atoms with Gasteiger partial charge in [0.2, 0.25) is 0 Å². The van der Waals surface area contributed by atoms with Crippen molar-refractivity contribution in [3.63, 3.8) is 0 Å². The fourth-order valence-corrected chi connectivity index (χ4v) is 6.72. The van der Waals surface area contributed by atoms with E-state index in [9.17, 15) is 33.5 Å². The number of nitro groups is 1. The number of carbonyl (C=O) groups is 4. The van der Waals surface area contributed by atoms with Crippen LogP contribution in [-0.2, 0) is 31.7 Å². The van der Waals surface area contributed by atoms with Crippen LogP contribution in [-0.4, -0.2) is 64.8 Å². The Morgan fingerprint density at radius 2 is 1.63 bits per heavy atom. The van der Waals surface area contributed by atoms with Crippen LogP contribution in [0.15, 0.2) is 48.5 Å². The van der Waals surface area contributed by atoms with Gasteiger partial charge in [0.15, 0.2) is 6.04 Å². The van der Waals surface area contributed by atoms with Crippen molar-refractivity contribution in [3.05, 3.63) is 75.3 Å². The van der Waals surface area contributed by atoms with Crippen molar-refractivity contribution in [1.82, 2.24) is 9.80 Å². The Kier molecular flexibility index (Phi) is 5.09. The Bertz CT molecular complexity index is 1300. The van der Waals surface area contributed by atoms with Crippen molar-refractivity contribution < 1.29 is 33.0 Å². The van der Waals surface area contributed by atoms with Gasteiger partial charge in [-0.05, 0) is 43.7 Å². The van der Waals surface area contributed by atoms with Crippen LogP contribution in [0, 0.1) is 10.1 Å². The molecular weight excluding hydrogens is 478 g/mol. The van der Waals surface area contributed by atoms with Crippen LogP contribution < -0.4 is 0 Å². The Hall–Kier alpha value is -3.93. The molecule has 2 aromatic carbocycles. The van der Waals surface area contributed by atoms with E-state index in [0.717, 1.165) is 9.80 Å². The molecule has 0 bridgehead atoms. The van der Waals surface area contributed by atoms with E-state index in [1.54, 1.807) is 26.0 Å². The molecule has 1 unspecified atom stereocenters. The van der Waals surface area contributed by atoms with Gasteiger partial charge in [0.25, 0.3) is 23.4 Å². The molecule has 3 heterocycles. The monoisotopic (exact) mass is 497 g/mol. The second-order valence-corrected chi connectivity index (χ2v) is 11.1. The molecule has 3 amide bonds. The molecular formula is C23H19N3O8S. The first-order chi connectivity index (χ1) is 16.6. The number of nitro benzene ring substituents is 1. The predicted molar refractivity (Wildman–Crippen MR) is 120 cm³/mol. The number of rotatable bonds is 5. The molecule has 2 saturated heterocycles. The summed E-state index contributed by atoms with van der Waals surface area (Å²) in [5, 5.41) is 9.76. The van der Waals surface area contributed by atoms with Gasteiger partial charge in [-0.25, -0.2) is 4.79 Å². The van der Waals surface area contributed by atoms with Gasteiger partial charge in [0.05, 0.1) is 31.6 Å². The van der Waals surface area contributed by atoms with Crippen molar-refractivity contribution in [1.29, 1.82) is 0 Å². The van der Waals surface area contributed by atoms with Crippen LogP contribution in [0.2, 0.25) is 0 Å². The normalized spacial score (nSPS) is 26.3. The molecule has 35 heavy (non-hydrogen) atoms. The summed E-state index contributed by atoms with van der Waals surface area (Å²) < 4.78 is 17.5. The van der Waals surface area contributed by atoms with Crippen molar-refractivity contribution in [2.24, 2.45) is 0 Å². The summed E-state index contributed by atoms with van der Waals surface area (Å²) in [7, 11) is -1.79. The average molecular weight is 497 g/mol. The third-order valence-electron chi connectivity index (χ3n) is 6.58. The number of amides is 3. The first kappa shape index (κ1) is 22.8. The number of carbonyl (C=O) groups excluding carboxylic acids is 4. The van der Waals surface area contributed by atoms with Crippen molar-refractivity contribution in [2.45, 2.75) is 42.7 Å². The summed E-state index contributed by atoms with van der Waals surface area (Å²) in [6.07, 6.45) is 0. The van der Waals surface area contributed by atoms with Crippen LogP contribution in [0.4, 0.5) is 5.69 Å². The van der Waals surface area contributed by atoms with Gasteiger partial charge in [-0.15, -0.1) is 0 Å². The number of β-lactam (4-membered cyclic amide) rings is 1. The van der Waals surface area contributed by atoms with Crippen molar-refractivity contribution in [3.8, 4) is 0 Å². The fourth-order valence-electron chi connectivity index (χ4n) is 4.76. The minimum absolute atomic E-state index is 0.111. The van der Waals surface area contributed by atoms with Gasteiger partial charge in [0.1, 0.15) is 18.0 Å². The Morgan fingerprint density at radius 3 is 2.17 bits per heavy atom. The molecule has 180 valence electrons. The fraction of sp³-hybridized carbons (Fsp3) is 0.304. The second kappa shape index (κ2) is 7.80. The molecule has 0 aliphatic carbocycles. The molecule has 12 heteroatoms. The van der Waals surface area contributed by atoms with E-state index in [0.29, 0.717) is 5.56 Å². The first-order valence-corrected chi connectivity index (χ1v) is 11.9. The van der Waals surface area contributed by atoms with Crippen molar-refractivity contribution in [2.75, 3.05) is 0 Å². The standard InChI is InChI=1S/C23H19N3O8S/c1-23(2)17(22(30)34-11-12-7-9-13(10-8-12)26(31)32)25-20(29)16(21(25)35(23)33)24-18(27)14-5-3-4-6-15(14)19(24)28/h3-10,16-17,21H,11H2,1-2H3/t16-,17-,21-,35?/m0/s1. The van der Waals surface area contributed by atoms with Gasteiger partial charge >= 0.3 is 5.97 Å². The minimum Gasteiger partial charge on any atom is -0.459 e. The Balaban J connectivity index is 1.36. The van der Waals surface area contributed by atoms with Gasteiger partial charge in [-0.1, -0.05) is 12.1 Å². The molecule has 4 atom stereocenters. The predicted octanol–water partition coefficient (Wildman–Crippen LogP) is 1.38. The molecule has 0 N–H and O–H groups in total.